The van der Waals surface area contributed by atoms with Crippen LogP contribution in [-0.4, -0.2) is 37.6 Å². The van der Waals surface area contributed by atoms with Gasteiger partial charge in [-0.25, -0.2) is 0 Å². The Morgan fingerprint density at radius 3 is 2.43 bits per heavy atom. The van der Waals surface area contributed by atoms with E-state index in [9.17, 15) is 4.79 Å². The quantitative estimate of drug-likeness (QED) is 0.795. The Morgan fingerprint density at radius 1 is 1.24 bits per heavy atom. The molecule has 1 aliphatic rings. The summed E-state index contributed by atoms with van der Waals surface area (Å²) in [5.74, 6) is 0.744. The summed E-state index contributed by atoms with van der Waals surface area (Å²) in [6.45, 7) is 2.57. The molecule has 1 N–H and O–H groups in total. The molecule has 116 valence electrons. The maximum Gasteiger partial charge on any atom is 0.260 e. The van der Waals surface area contributed by atoms with Gasteiger partial charge in [0.2, 0.25) is 0 Å². The largest absolute Gasteiger partial charge is 0.481 e. The van der Waals surface area contributed by atoms with E-state index >= 15 is 0 Å². The SMILES string of the molecule is CNCc1cc(Br)c(OCC(=O)N2CCCCC2)c(Br)c1. The highest BCUT2D eigenvalue weighted by atomic mass is 79.9. The van der Waals surface area contributed by atoms with Gasteiger partial charge in [0.1, 0.15) is 5.75 Å². The Hall–Kier alpha value is -0.590. The highest BCUT2D eigenvalue weighted by Crippen LogP contribution is 2.34. The van der Waals surface area contributed by atoms with Gasteiger partial charge in [0.25, 0.3) is 5.91 Å². The lowest BCUT2D eigenvalue weighted by molar-refractivity contribution is -0.134. The molecule has 0 spiro atoms. The normalized spacial score (nSPS) is 15.1. The number of piperidine rings is 1. The van der Waals surface area contributed by atoms with Crippen LogP contribution in [0.25, 0.3) is 0 Å². The molecule has 0 bridgehead atoms. The number of ether oxygens (including phenoxy) is 1. The third kappa shape index (κ3) is 4.69. The van der Waals surface area contributed by atoms with Crippen molar-refractivity contribution in [2.75, 3.05) is 26.7 Å². The fourth-order valence-corrected chi connectivity index (χ4v) is 3.94. The number of hydrogen-bond acceptors (Lipinski definition) is 3. The predicted molar refractivity (Wildman–Crippen MR) is 90.5 cm³/mol. The number of likely N-dealkylation sites (tertiary alicyclic amines) is 1. The van der Waals surface area contributed by atoms with Gasteiger partial charge in [-0.2, -0.15) is 0 Å². The molecule has 2 rings (SSSR count). The van der Waals surface area contributed by atoms with Crippen LogP contribution < -0.4 is 10.1 Å². The van der Waals surface area contributed by atoms with Crippen LogP contribution in [0.4, 0.5) is 0 Å². The molecule has 6 heteroatoms. The van der Waals surface area contributed by atoms with E-state index in [2.05, 4.69) is 37.2 Å². The van der Waals surface area contributed by atoms with Crippen molar-refractivity contribution >= 4 is 37.8 Å². The van der Waals surface area contributed by atoms with E-state index in [1.807, 2.05) is 24.1 Å². The van der Waals surface area contributed by atoms with Crippen molar-refractivity contribution in [1.29, 1.82) is 0 Å². The van der Waals surface area contributed by atoms with Crippen LogP contribution in [0.1, 0.15) is 24.8 Å². The fraction of sp³-hybridized carbons (Fsp3) is 0.533. The molecule has 0 unspecified atom stereocenters. The number of benzene rings is 1. The van der Waals surface area contributed by atoms with E-state index in [0.29, 0.717) is 5.75 Å². The lowest BCUT2D eigenvalue weighted by Crippen LogP contribution is -2.38. The Kier molecular flexibility index (Phi) is 6.51. The molecule has 1 saturated heterocycles. The van der Waals surface area contributed by atoms with Crippen LogP contribution in [0.2, 0.25) is 0 Å². The molecular weight excluding hydrogens is 400 g/mol. The van der Waals surface area contributed by atoms with Crippen molar-refractivity contribution in [2.45, 2.75) is 25.8 Å². The van der Waals surface area contributed by atoms with Crippen molar-refractivity contribution in [2.24, 2.45) is 0 Å². The lowest BCUT2D eigenvalue weighted by atomic mass is 10.1. The Bertz CT molecular complexity index is 479. The first-order valence-electron chi connectivity index (χ1n) is 7.15. The Balaban J connectivity index is 1.97. The number of amides is 1. The standard InChI is InChI=1S/C15H20Br2N2O2/c1-18-9-11-7-12(16)15(13(17)8-11)21-10-14(20)19-5-3-2-4-6-19/h7-8,18H,2-6,9-10H2,1H3. The summed E-state index contributed by atoms with van der Waals surface area (Å²) >= 11 is 7.01. The number of hydrogen-bond donors (Lipinski definition) is 1. The molecule has 1 heterocycles. The second-order valence-electron chi connectivity index (χ2n) is 5.15. The number of nitrogens with one attached hydrogen (secondary N) is 1. The van der Waals surface area contributed by atoms with Crippen LogP contribution in [0.15, 0.2) is 21.1 Å². The molecule has 0 saturated carbocycles. The zero-order valence-corrected chi connectivity index (χ0v) is 15.3. The van der Waals surface area contributed by atoms with Crippen LogP contribution in [0.3, 0.4) is 0 Å². The number of carbonyl (C=O) groups excluding carboxylic acids is 1. The predicted octanol–water partition coefficient (Wildman–Crippen LogP) is 3.32. The number of halogens is 2. The van der Waals surface area contributed by atoms with E-state index in [1.165, 1.54) is 6.42 Å². The molecular formula is C15H20Br2N2O2. The van der Waals surface area contributed by atoms with Gasteiger partial charge in [0.15, 0.2) is 6.61 Å². The number of carbonyl (C=O) groups is 1. The number of rotatable bonds is 5. The average molecular weight is 420 g/mol. The van der Waals surface area contributed by atoms with Crippen molar-refractivity contribution in [3.63, 3.8) is 0 Å². The minimum Gasteiger partial charge on any atom is -0.481 e. The molecule has 0 aliphatic carbocycles. The monoisotopic (exact) mass is 418 g/mol. The minimum absolute atomic E-state index is 0.0628. The van der Waals surface area contributed by atoms with Crippen molar-refractivity contribution < 1.29 is 9.53 Å². The van der Waals surface area contributed by atoms with Crippen LogP contribution in [-0.2, 0) is 11.3 Å². The van der Waals surface area contributed by atoms with Crippen molar-refractivity contribution in [1.82, 2.24) is 10.2 Å². The summed E-state index contributed by atoms with van der Waals surface area (Å²) in [6.07, 6.45) is 3.41. The molecule has 0 aromatic heterocycles. The summed E-state index contributed by atoms with van der Waals surface area (Å²) in [5, 5.41) is 3.11. The third-order valence-corrected chi connectivity index (χ3v) is 4.67. The maximum absolute atomic E-state index is 12.1. The highest BCUT2D eigenvalue weighted by Gasteiger charge is 2.18. The third-order valence-electron chi connectivity index (χ3n) is 3.49. The van der Waals surface area contributed by atoms with E-state index in [1.54, 1.807) is 0 Å². The van der Waals surface area contributed by atoms with Gasteiger partial charge in [-0.3, -0.25) is 4.79 Å². The summed E-state index contributed by atoms with van der Waals surface area (Å²) in [6, 6.07) is 4.00. The van der Waals surface area contributed by atoms with Gasteiger partial charge in [0, 0.05) is 19.6 Å². The zero-order chi connectivity index (χ0) is 15.2. The maximum atomic E-state index is 12.1. The van der Waals surface area contributed by atoms with Crippen LogP contribution >= 0.6 is 31.9 Å². The first kappa shape index (κ1) is 16.8. The number of nitrogens with zero attached hydrogens (tertiary/aromatic N) is 1. The summed E-state index contributed by atoms with van der Waals surface area (Å²) in [5.41, 5.74) is 1.14. The van der Waals surface area contributed by atoms with Gasteiger partial charge in [-0.1, -0.05) is 0 Å². The van der Waals surface area contributed by atoms with E-state index in [4.69, 9.17) is 4.74 Å². The van der Waals surface area contributed by atoms with E-state index in [-0.39, 0.29) is 12.5 Å². The molecule has 21 heavy (non-hydrogen) atoms. The Labute approximate surface area is 142 Å². The first-order valence-corrected chi connectivity index (χ1v) is 8.73. The van der Waals surface area contributed by atoms with Gasteiger partial charge < -0.3 is 15.0 Å². The van der Waals surface area contributed by atoms with Gasteiger partial charge in [-0.05, 0) is 75.9 Å². The van der Waals surface area contributed by atoms with Crippen LogP contribution in [0, 0.1) is 0 Å². The van der Waals surface area contributed by atoms with Gasteiger partial charge >= 0.3 is 0 Å². The smallest absolute Gasteiger partial charge is 0.260 e. The van der Waals surface area contributed by atoms with Crippen molar-refractivity contribution in [3.8, 4) is 5.75 Å². The van der Waals surface area contributed by atoms with Gasteiger partial charge in [0.05, 0.1) is 8.95 Å². The molecule has 0 atom stereocenters. The highest BCUT2D eigenvalue weighted by molar-refractivity contribution is 9.11. The molecule has 1 aliphatic heterocycles. The lowest BCUT2D eigenvalue weighted by Gasteiger charge is -2.26. The van der Waals surface area contributed by atoms with Crippen molar-refractivity contribution in [3.05, 3.63) is 26.6 Å². The second-order valence-corrected chi connectivity index (χ2v) is 6.86. The summed E-state index contributed by atoms with van der Waals surface area (Å²) < 4.78 is 7.42. The Morgan fingerprint density at radius 2 is 1.86 bits per heavy atom. The topological polar surface area (TPSA) is 41.6 Å². The molecule has 1 fully saturated rings. The van der Waals surface area contributed by atoms with E-state index in [0.717, 1.165) is 47.0 Å². The summed E-state index contributed by atoms with van der Waals surface area (Å²) in [4.78, 5) is 14.0. The zero-order valence-electron chi connectivity index (χ0n) is 12.1. The molecule has 1 aromatic carbocycles. The molecule has 0 radical (unpaired) electrons. The minimum atomic E-state index is 0.0628. The van der Waals surface area contributed by atoms with Crippen LogP contribution in [0.5, 0.6) is 5.75 Å². The molecule has 1 amide bonds. The molecule has 4 nitrogen and oxygen atoms in total. The fourth-order valence-electron chi connectivity index (χ4n) is 2.42. The van der Waals surface area contributed by atoms with E-state index < -0.39 is 0 Å². The van der Waals surface area contributed by atoms with Gasteiger partial charge in [-0.15, -0.1) is 0 Å². The first-order chi connectivity index (χ1) is 10.1. The second kappa shape index (κ2) is 8.15. The average Bonchev–Trinajstić information content (AvgIpc) is 2.47. The summed E-state index contributed by atoms with van der Waals surface area (Å²) in [7, 11) is 1.91. The molecule has 1 aromatic rings.